The van der Waals surface area contributed by atoms with Gasteiger partial charge >= 0.3 is 0 Å². The number of aromatic nitrogens is 3. The van der Waals surface area contributed by atoms with Gasteiger partial charge in [-0.1, -0.05) is 0 Å². The Morgan fingerprint density at radius 1 is 1.46 bits per heavy atom. The molecule has 26 heavy (non-hydrogen) atoms. The van der Waals surface area contributed by atoms with Crippen molar-refractivity contribution in [3.63, 3.8) is 0 Å². The number of aliphatic imine (C=N–C) groups is 1. The monoisotopic (exact) mass is 490 g/mol. The SMILES string of the molecule is CCNC(=NCCc1ncc(C)s1)N1CCOC(c2cnn(C)c2)C1.I. The highest BCUT2D eigenvalue weighted by Gasteiger charge is 2.25. The van der Waals surface area contributed by atoms with Crippen molar-refractivity contribution >= 4 is 41.3 Å². The Kier molecular flexibility index (Phi) is 8.29. The summed E-state index contributed by atoms with van der Waals surface area (Å²) >= 11 is 1.74. The molecule has 1 unspecified atom stereocenters. The van der Waals surface area contributed by atoms with Crippen molar-refractivity contribution in [1.29, 1.82) is 0 Å². The normalized spacial score (nSPS) is 17.9. The fraction of sp³-hybridized carbons (Fsp3) is 0.588. The molecular formula is C17H27IN6OS. The number of aryl methyl sites for hydroxylation is 2. The highest BCUT2D eigenvalue weighted by atomic mass is 127. The lowest BCUT2D eigenvalue weighted by molar-refractivity contribution is -0.00803. The van der Waals surface area contributed by atoms with Crippen LogP contribution in [0.2, 0.25) is 0 Å². The van der Waals surface area contributed by atoms with Crippen LogP contribution in [0.5, 0.6) is 0 Å². The molecule has 0 amide bonds. The van der Waals surface area contributed by atoms with E-state index >= 15 is 0 Å². The summed E-state index contributed by atoms with van der Waals surface area (Å²) in [6, 6.07) is 0. The third kappa shape index (κ3) is 5.65. The van der Waals surface area contributed by atoms with E-state index in [0.717, 1.165) is 49.1 Å². The quantitative estimate of drug-likeness (QED) is 0.396. The molecule has 0 aromatic carbocycles. The summed E-state index contributed by atoms with van der Waals surface area (Å²) in [6.07, 6.45) is 6.73. The van der Waals surface area contributed by atoms with Crippen LogP contribution in [-0.4, -0.2) is 58.4 Å². The number of hydrogen-bond donors (Lipinski definition) is 1. The zero-order valence-corrected chi connectivity index (χ0v) is 18.7. The van der Waals surface area contributed by atoms with Crippen molar-refractivity contribution < 1.29 is 4.74 Å². The molecule has 0 radical (unpaired) electrons. The van der Waals surface area contributed by atoms with Gasteiger partial charge in [0.2, 0.25) is 0 Å². The van der Waals surface area contributed by atoms with Gasteiger partial charge in [-0.05, 0) is 13.8 Å². The molecule has 2 aromatic heterocycles. The van der Waals surface area contributed by atoms with E-state index < -0.39 is 0 Å². The van der Waals surface area contributed by atoms with E-state index in [1.54, 1.807) is 11.3 Å². The third-order valence-electron chi connectivity index (χ3n) is 4.05. The molecule has 1 saturated heterocycles. The first kappa shape index (κ1) is 21.1. The third-order valence-corrected chi connectivity index (χ3v) is 5.03. The summed E-state index contributed by atoms with van der Waals surface area (Å²) in [4.78, 5) is 12.7. The molecule has 7 nitrogen and oxygen atoms in total. The van der Waals surface area contributed by atoms with E-state index in [2.05, 4.69) is 34.1 Å². The molecule has 144 valence electrons. The predicted octanol–water partition coefficient (Wildman–Crippen LogP) is 2.38. The number of thiazole rings is 1. The second-order valence-corrected chi connectivity index (χ2v) is 7.42. The molecule has 1 aliphatic rings. The number of guanidine groups is 1. The van der Waals surface area contributed by atoms with Crippen LogP contribution < -0.4 is 5.32 Å². The average molecular weight is 490 g/mol. The topological polar surface area (TPSA) is 67.6 Å². The van der Waals surface area contributed by atoms with E-state index in [9.17, 15) is 0 Å². The van der Waals surface area contributed by atoms with E-state index in [1.165, 1.54) is 4.88 Å². The van der Waals surface area contributed by atoms with Crippen molar-refractivity contribution in [1.82, 2.24) is 25.0 Å². The molecule has 0 bridgehead atoms. The molecule has 9 heteroatoms. The highest BCUT2D eigenvalue weighted by Crippen LogP contribution is 2.21. The standard InChI is InChI=1S/C17H26N6OS.HI/c1-4-18-17(19-6-5-16-20-9-13(2)25-16)23-7-8-24-15(12-23)14-10-21-22(3)11-14;/h9-11,15H,4-8,12H2,1-3H3,(H,18,19);1H. The smallest absolute Gasteiger partial charge is 0.194 e. The largest absolute Gasteiger partial charge is 0.370 e. The maximum atomic E-state index is 5.93. The highest BCUT2D eigenvalue weighted by molar-refractivity contribution is 14.0. The van der Waals surface area contributed by atoms with Gasteiger partial charge in [0.05, 0.1) is 24.4 Å². The maximum absolute atomic E-state index is 5.93. The molecule has 1 aliphatic heterocycles. The number of nitrogens with one attached hydrogen (secondary N) is 1. The number of rotatable bonds is 5. The van der Waals surface area contributed by atoms with E-state index in [0.29, 0.717) is 6.61 Å². The molecule has 2 aromatic rings. The Bertz CT molecular complexity index is 716. The first-order valence-corrected chi connectivity index (χ1v) is 9.52. The Labute approximate surface area is 175 Å². The minimum Gasteiger partial charge on any atom is -0.370 e. The summed E-state index contributed by atoms with van der Waals surface area (Å²) in [7, 11) is 1.93. The minimum atomic E-state index is 0. The van der Waals surface area contributed by atoms with E-state index in [4.69, 9.17) is 9.73 Å². The van der Waals surface area contributed by atoms with Crippen LogP contribution in [0.25, 0.3) is 0 Å². The number of halogens is 1. The average Bonchev–Trinajstić information content (AvgIpc) is 3.23. The van der Waals surface area contributed by atoms with Crippen molar-refractivity contribution in [2.45, 2.75) is 26.4 Å². The molecule has 0 saturated carbocycles. The lowest BCUT2D eigenvalue weighted by Crippen LogP contribution is -2.48. The van der Waals surface area contributed by atoms with Gasteiger partial charge in [0.1, 0.15) is 6.10 Å². The summed E-state index contributed by atoms with van der Waals surface area (Å²) in [5.41, 5.74) is 1.11. The molecule has 1 N–H and O–H groups in total. The summed E-state index contributed by atoms with van der Waals surface area (Å²) < 4.78 is 7.74. The van der Waals surface area contributed by atoms with Crippen LogP contribution in [0.3, 0.4) is 0 Å². The van der Waals surface area contributed by atoms with Gasteiger partial charge in [-0.25, -0.2) is 4.98 Å². The fourth-order valence-electron chi connectivity index (χ4n) is 2.85. The fourth-order valence-corrected chi connectivity index (χ4v) is 3.63. The summed E-state index contributed by atoms with van der Waals surface area (Å²) in [5.74, 6) is 0.952. The number of hydrogen-bond acceptors (Lipinski definition) is 5. The van der Waals surface area contributed by atoms with Crippen molar-refractivity contribution in [2.24, 2.45) is 12.0 Å². The van der Waals surface area contributed by atoms with Crippen LogP contribution in [0.15, 0.2) is 23.6 Å². The van der Waals surface area contributed by atoms with E-state index in [1.807, 2.05) is 30.3 Å². The van der Waals surface area contributed by atoms with Crippen molar-refractivity contribution in [3.05, 3.63) is 34.0 Å². The van der Waals surface area contributed by atoms with Crippen LogP contribution in [-0.2, 0) is 18.2 Å². The molecule has 1 fully saturated rings. The number of nitrogens with zero attached hydrogens (tertiary/aromatic N) is 5. The Balaban J connectivity index is 0.00000243. The lowest BCUT2D eigenvalue weighted by Gasteiger charge is -2.34. The lowest BCUT2D eigenvalue weighted by atomic mass is 10.1. The Morgan fingerprint density at radius 3 is 2.96 bits per heavy atom. The molecular weight excluding hydrogens is 463 g/mol. The van der Waals surface area contributed by atoms with Gasteiger partial charge in [0, 0.05) is 55.9 Å². The second kappa shape index (κ2) is 10.2. The maximum Gasteiger partial charge on any atom is 0.194 e. The Hall–Kier alpha value is -1.20. The predicted molar refractivity (Wildman–Crippen MR) is 115 cm³/mol. The van der Waals surface area contributed by atoms with Gasteiger partial charge in [-0.3, -0.25) is 9.67 Å². The van der Waals surface area contributed by atoms with Gasteiger partial charge in [-0.2, -0.15) is 5.10 Å². The van der Waals surface area contributed by atoms with Crippen LogP contribution in [0.4, 0.5) is 0 Å². The molecule has 0 aliphatic carbocycles. The first-order valence-electron chi connectivity index (χ1n) is 8.70. The zero-order valence-electron chi connectivity index (χ0n) is 15.5. The summed E-state index contributed by atoms with van der Waals surface area (Å²) in [6.45, 7) is 8.09. The summed E-state index contributed by atoms with van der Waals surface area (Å²) in [5, 5.41) is 8.80. The van der Waals surface area contributed by atoms with Gasteiger partial charge in [0.15, 0.2) is 5.96 Å². The minimum absolute atomic E-state index is 0. The molecule has 1 atom stereocenters. The van der Waals surface area contributed by atoms with Crippen molar-refractivity contribution in [2.75, 3.05) is 32.8 Å². The number of ether oxygens (including phenoxy) is 1. The van der Waals surface area contributed by atoms with Crippen LogP contribution in [0, 0.1) is 6.92 Å². The van der Waals surface area contributed by atoms with Crippen LogP contribution in [0.1, 0.15) is 28.5 Å². The van der Waals surface area contributed by atoms with Gasteiger partial charge < -0.3 is 15.0 Å². The molecule has 3 heterocycles. The first-order chi connectivity index (χ1) is 12.2. The van der Waals surface area contributed by atoms with Gasteiger partial charge in [0.25, 0.3) is 0 Å². The molecule has 0 spiro atoms. The van der Waals surface area contributed by atoms with Crippen molar-refractivity contribution in [3.8, 4) is 0 Å². The number of morpholine rings is 1. The Morgan fingerprint density at radius 2 is 2.31 bits per heavy atom. The van der Waals surface area contributed by atoms with Gasteiger partial charge in [-0.15, -0.1) is 35.3 Å². The van der Waals surface area contributed by atoms with E-state index in [-0.39, 0.29) is 30.1 Å². The molecule has 3 rings (SSSR count). The second-order valence-electron chi connectivity index (χ2n) is 6.10. The van der Waals surface area contributed by atoms with Crippen LogP contribution >= 0.6 is 35.3 Å². The zero-order chi connectivity index (χ0) is 17.6.